The monoisotopic (exact) mass is 630 g/mol. The molecular formula is C31H22N2O9S2. The summed E-state index contributed by atoms with van der Waals surface area (Å²) in [6.07, 6.45) is 0. The number of hydrogen-bond donors (Lipinski definition) is 5. The van der Waals surface area contributed by atoms with Crippen molar-refractivity contribution in [2.45, 2.75) is 9.79 Å². The number of phenolic OH excluding ortho intramolecular Hbond substituents is 2. The van der Waals surface area contributed by atoms with Gasteiger partial charge in [0.25, 0.3) is 20.2 Å². The summed E-state index contributed by atoms with van der Waals surface area (Å²) >= 11 is 0. The lowest BCUT2D eigenvalue weighted by atomic mass is 9.93. The van der Waals surface area contributed by atoms with E-state index in [-0.39, 0.29) is 50.6 Å². The molecule has 0 aromatic heterocycles. The molecule has 0 unspecified atom stereocenters. The summed E-state index contributed by atoms with van der Waals surface area (Å²) in [4.78, 5) is 3.18. The van der Waals surface area contributed by atoms with Crippen molar-refractivity contribution in [1.29, 1.82) is 0 Å². The van der Waals surface area contributed by atoms with Crippen LogP contribution in [0, 0.1) is 0 Å². The summed E-state index contributed by atoms with van der Waals surface area (Å²) in [5.74, 6) is -0.204. The molecule has 44 heavy (non-hydrogen) atoms. The minimum Gasteiger partial charge on any atom is -0.506 e. The Labute approximate surface area is 250 Å². The van der Waals surface area contributed by atoms with Crippen LogP contribution in [0.4, 0.5) is 17.1 Å². The van der Waals surface area contributed by atoms with E-state index in [1.165, 1.54) is 42.5 Å². The maximum atomic E-state index is 12.6. The van der Waals surface area contributed by atoms with E-state index < -0.39 is 30.0 Å². The highest BCUT2D eigenvalue weighted by atomic mass is 32.2. The molecule has 5 N–H and O–H groups in total. The maximum Gasteiger partial charge on any atom is 0.296 e. The predicted molar refractivity (Wildman–Crippen MR) is 163 cm³/mol. The van der Waals surface area contributed by atoms with Crippen molar-refractivity contribution >= 4 is 48.3 Å². The Morgan fingerprint density at radius 3 is 2.02 bits per heavy atom. The fraction of sp³-hybridized carbons (Fsp3) is 0. The first-order valence-corrected chi connectivity index (χ1v) is 15.7. The standard InChI is InChI=1S/C31H22N2O9S2/c34-25-10-4-2-8-22(25)32-18-13-14-19-27(15-18)42-28-17-24(33-23-9-3-5-11-26(23)35)30(44(39,40)41)16-21(28)31(19)20-7-1-6-12-29(20)43(36,37)38/h1-17,32,34-35H,(H,36,37,38)(H,39,40,41)/b33-24+. The zero-order valence-corrected chi connectivity index (χ0v) is 24.0. The number of benzene rings is 5. The topological polar surface area (TPSA) is 187 Å². The summed E-state index contributed by atoms with van der Waals surface area (Å²) in [6, 6.07) is 25.3. The maximum absolute atomic E-state index is 12.6. The zero-order valence-electron chi connectivity index (χ0n) is 22.4. The predicted octanol–water partition coefficient (Wildman–Crippen LogP) is 6.09. The lowest BCUT2D eigenvalue weighted by Crippen LogP contribution is -2.16. The van der Waals surface area contributed by atoms with Crippen molar-refractivity contribution in [2.24, 2.45) is 4.99 Å². The van der Waals surface area contributed by atoms with Gasteiger partial charge in [0.15, 0.2) is 0 Å². The van der Waals surface area contributed by atoms with Gasteiger partial charge in [-0.25, -0.2) is 4.99 Å². The van der Waals surface area contributed by atoms with Gasteiger partial charge in [0.2, 0.25) is 0 Å². The van der Waals surface area contributed by atoms with E-state index >= 15 is 0 Å². The summed E-state index contributed by atoms with van der Waals surface area (Å²) in [7, 11) is -9.66. The molecule has 4 aromatic carbocycles. The smallest absolute Gasteiger partial charge is 0.296 e. The first-order valence-electron chi connectivity index (χ1n) is 12.9. The number of phenols is 2. The lowest BCUT2D eigenvalue weighted by Gasteiger charge is -2.19. The Bertz CT molecular complexity index is 2350. The fourth-order valence-corrected chi connectivity index (χ4v) is 6.22. The van der Waals surface area contributed by atoms with Gasteiger partial charge in [0.05, 0.1) is 11.0 Å². The van der Waals surface area contributed by atoms with Crippen LogP contribution in [-0.4, -0.2) is 36.2 Å². The van der Waals surface area contributed by atoms with Gasteiger partial charge in [-0.05, 0) is 48.5 Å². The molecule has 1 aliphatic heterocycles. The molecule has 0 atom stereocenters. The third kappa shape index (κ3) is 5.47. The molecule has 11 nitrogen and oxygen atoms in total. The Balaban J connectivity index is 1.73. The summed E-state index contributed by atoms with van der Waals surface area (Å²) in [5, 5.41) is 23.6. The summed E-state index contributed by atoms with van der Waals surface area (Å²) in [6.45, 7) is 0. The molecule has 0 saturated heterocycles. The molecule has 222 valence electrons. The molecule has 1 heterocycles. The quantitative estimate of drug-likeness (QED) is 0.0819. The molecular weight excluding hydrogens is 608 g/mol. The van der Waals surface area contributed by atoms with E-state index in [0.29, 0.717) is 16.8 Å². The van der Waals surface area contributed by atoms with Gasteiger partial charge in [0.1, 0.15) is 38.3 Å². The average Bonchev–Trinajstić information content (AvgIpc) is 2.97. The summed E-state index contributed by atoms with van der Waals surface area (Å²) < 4.78 is 76.5. The van der Waals surface area contributed by atoms with Gasteiger partial charge >= 0.3 is 0 Å². The number of rotatable bonds is 6. The normalized spacial score (nSPS) is 12.5. The van der Waals surface area contributed by atoms with Crippen LogP contribution < -0.4 is 10.7 Å². The number of nitrogens with one attached hydrogen (secondary N) is 1. The van der Waals surface area contributed by atoms with Crippen LogP contribution in [0.3, 0.4) is 0 Å². The Hall–Kier alpha value is -5.21. The fourth-order valence-electron chi connectivity index (χ4n) is 4.89. The number of nitrogens with zero attached hydrogens (tertiary/aromatic N) is 1. The van der Waals surface area contributed by atoms with Crippen LogP contribution in [0.5, 0.6) is 11.5 Å². The van der Waals surface area contributed by atoms with Crippen molar-refractivity contribution in [3.8, 4) is 33.9 Å². The second kappa shape index (κ2) is 10.8. The van der Waals surface area contributed by atoms with Crippen molar-refractivity contribution in [3.05, 3.63) is 108 Å². The Morgan fingerprint density at radius 1 is 0.659 bits per heavy atom. The SMILES string of the molecule is O=S(=O)(O)c1ccccc1-c1c2cc(S(=O)(=O)O)/c(=N/c3ccccc3O)cc-2oc2cc(Nc3ccccc3O)ccc12. The van der Waals surface area contributed by atoms with Gasteiger partial charge in [-0.2, -0.15) is 16.8 Å². The minimum atomic E-state index is -4.91. The van der Waals surface area contributed by atoms with E-state index in [0.717, 1.165) is 6.07 Å². The molecule has 0 spiro atoms. The molecule has 0 saturated carbocycles. The van der Waals surface area contributed by atoms with Gasteiger partial charge in [0, 0.05) is 39.9 Å². The summed E-state index contributed by atoms with van der Waals surface area (Å²) in [5.41, 5.74) is 1.43. The van der Waals surface area contributed by atoms with Crippen LogP contribution in [-0.2, 0) is 20.2 Å². The third-order valence-electron chi connectivity index (χ3n) is 6.82. The van der Waals surface area contributed by atoms with Crippen LogP contribution >= 0.6 is 0 Å². The second-order valence-electron chi connectivity index (χ2n) is 9.69. The molecule has 4 aromatic rings. The zero-order chi connectivity index (χ0) is 31.2. The van der Waals surface area contributed by atoms with E-state index in [4.69, 9.17) is 4.42 Å². The second-order valence-corrected chi connectivity index (χ2v) is 12.5. The highest BCUT2D eigenvalue weighted by Crippen LogP contribution is 2.44. The first kappa shape index (κ1) is 28.9. The van der Waals surface area contributed by atoms with Gasteiger partial charge < -0.3 is 19.9 Å². The van der Waals surface area contributed by atoms with Crippen LogP contribution in [0.2, 0.25) is 0 Å². The lowest BCUT2D eigenvalue weighted by molar-refractivity contribution is 0.475. The average molecular weight is 631 g/mol. The Kier molecular flexibility index (Phi) is 7.10. The van der Waals surface area contributed by atoms with Gasteiger partial charge in [-0.1, -0.05) is 42.5 Å². The minimum absolute atomic E-state index is 0.000948. The first-order chi connectivity index (χ1) is 20.9. The highest BCUT2D eigenvalue weighted by molar-refractivity contribution is 7.86. The number of fused-ring (bicyclic) bond motifs is 2. The largest absolute Gasteiger partial charge is 0.506 e. The van der Waals surface area contributed by atoms with E-state index in [1.807, 2.05) is 0 Å². The van der Waals surface area contributed by atoms with E-state index in [2.05, 4.69) is 10.3 Å². The van der Waals surface area contributed by atoms with Gasteiger partial charge in [-0.15, -0.1) is 0 Å². The third-order valence-corrected chi connectivity index (χ3v) is 8.61. The van der Waals surface area contributed by atoms with E-state index in [9.17, 15) is 36.2 Å². The molecule has 0 fully saturated rings. The number of anilines is 2. The van der Waals surface area contributed by atoms with Gasteiger partial charge in [-0.3, -0.25) is 9.11 Å². The molecule has 6 rings (SSSR count). The van der Waals surface area contributed by atoms with Crippen LogP contribution in [0.25, 0.3) is 33.4 Å². The molecule has 0 radical (unpaired) electrons. The van der Waals surface area contributed by atoms with Crippen LogP contribution in [0.15, 0.2) is 122 Å². The molecule has 0 bridgehead atoms. The van der Waals surface area contributed by atoms with Crippen molar-refractivity contribution < 1.29 is 40.6 Å². The molecule has 13 heteroatoms. The van der Waals surface area contributed by atoms with Crippen molar-refractivity contribution in [2.75, 3.05) is 5.32 Å². The molecule has 1 aliphatic carbocycles. The molecule has 2 aliphatic rings. The number of aromatic hydroxyl groups is 2. The Morgan fingerprint density at radius 2 is 1.32 bits per heavy atom. The van der Waals surface area contributed by atoms with Crippen LogP contribution in [0.1, 0.15) is 0 Å². The van der Waals surface area contributed by atoms with E-state index in [1.54, 1.807) is 54.6 Å². The number of para-hydroxylation sites is 4. The highest BCUT2D eigenvalue weighted by Gasteiger charge is 2.26. The van der Waals surface area contributed by atoms with Crippen molar-refractivity contribution in [3.63, 3.8) is 0 Å². The molecule has 0 amide bonds. The van der Waals surface area contributed by atoms with Crippen molar-refractivity contribution in [1.82, 2.24) is 0 Å². The number of hydrogen-bond acceptors (Lipinski definition) is 9.